The average molecular weight is 426 g/mol. The zero-order valence-corrected chi connectivity index (χ0v) is 18.2. The molecule has 30 heavy (non-hydrogen) atoms. The van der Waals surface area contributed by atoms with Gasteiger partial charge in [0.2, 0.25) is 0 Å². The van der Waals surface area contributed by atoms with Gasteiger partial charge in [-0.3, -0.25) is 4.90 Å². The monoisotopic (exact) mass is 425 g/mol. The van der Waals surface area contributed by atoms with Crippen molar-refractivity contribution in [3.8, 4) is 5.75 Å². The van der Waals surface area contributed by atoms with Crippen LogP contribution in [0.25, 0.3) is 10.2 Å². The van der Waals surface area contributed by atoms with Crippen LogP contribution in [-0.4, -0.2) is 48.2 Å². The Morgan fingerprint density at radius 2 is 1.93 bits per heavy atom. The molecule has 0 aliphatic carbocycles. The van der Waals surface area contributed by atoms with Crippen LogP contribution in [0.3, 0.4) is 0 Å². The molecule has 0 radical (unpaired) electrons. The molecule has 2 unspecified atom stereocenters. The van der Waals surface area contributed by atoms with Gasteiger partial charge < -0.3 is 9.64 Å². The summed E-state index contributed by atoms with van der Waals surface area (Å²) in [5.41, 5.74) is 1.10. The van der Waals surface area contributed by atoms with Crippen LogP contribution in [0, 0.1) is 5.82 Å². The molecule has 0 amide bonds. The number of ether oxygens (including phenoxy) is 1. The number of rotatable bonds is 7. The first kappa shape index (κ1) is 19.8. The van der Waals surface area contributed by atoms with E-state index >= 15 is 0 Å². The molecule has 2 aliphatic rings. The fourth-order valence-electron chi connectivity index (χ4n) is 5.09. The lowest BCUT2D eigenvalue weighted by atomic mass is 9.96. The lowest BCUT2D eigenvalue weighted by Gasteiger charge is -2.42. The highest BCUT2D eigenvalue weighted by Crippen LogP contribution is 2.39. The van der Waals surface area contributed by atoms with E-state index in [4.69, 9.17) is 9.72 Å². The number of benzene rings is 2. The van der Waals surface area contributed by atoms with Gasteiger partial charge in [0.25, 0.3) is 0 Å². The highest BCUT2D eigenvalue weighted by atomic mass is 32.1. The van der Waals surface area contributed by atoms with Crippen molar-refractivity contribution >= 4 is 26.7 Å². The Kier molecular flexibility index (Phi) is 5.61. The van der Waals surface area contributed by atoms with Gasteiger partial charge in [-0.2, -0.15) is 0 Å². The minimum atomic E-state index is -0.245. The summed E-state index contributed by atoms with van der Waals surface area (Å²) in [5, 5.41) is 1.14. The van der Waals surface area contributed by atoms with Gasteiger partial charge in [0.05, 0.1) is 16.8 Å². The second-order valence-electron chi connectivity index (χ2n) is 8.48. The van der Waals surface area contributed by atoms with Crippen LogP contribution in [0.5, 0.6) is 5.75 Å². The fourth-order valence-corrected chi connectivity index (χ4v) is 6.09. The normalized spacial score (nSPS) is 23.7. The van der Waals surface area contributed by atoms with Gasteiger partial charge in [-0.05, 0) is 56.4 Å². The van der Waals surface area contributed by atoms with Gasteiger partial charge in [0, 0.05) is 37.8 Å². The minimum Gasteiger partial charge on any atom is -0.493 e. The molecule has 2 bridgehead atoms. The molecule has 3 heterocycles. The van der Waals surface area contributed by atoms with E-state index in [0.29, 0.717) is 30.5 Å². The van der Waals surface area contributed by atoms with Crippen LogP contribution in [0.15, 0.2) is 48.5 Å². The summed E-state index contributed by atoms with van der Waals surface area (Å²) in [6.07, 6.45) is 5.96. The molecule has 2 aliphatic heterocycles. The van der Waals surface area contributed by atoms with Crippen molar-refractivity contribution in [3.63, 3.8) is 0 Å². The highest BCUT2D eigenvalue weighted by Gasteiger charge is 2.41. The molecule has 158 valence electrons. The van der Waals surface area contributed by atoms with E-state index in [-0.39, 0.29) is 5.82 Å². The summed E-state index contributed by atoms with van der Waals surface area (Å²) < 4.78 is 20.3. The van der Waals surface area contributed by atoms with Gasteiger partial charge >= 0.3 is 0 Å². The number of nitrogens with zero attached hydrogens (tertiary/aromatic N) is 3. The Balaban J connectivity index is 1.15. The second-order valence-corrected chi connectivity index (χ2v) is 9.49. The number of anilines is 1. The zero-order valence-electron chi connectivity index (χ0n) is 17.3. The molecule has 2 fully saturated rings. The quantitative estimate of drug-likeness (QED) is 0.478. The molecule has 3 aromatic rings. The maximum atomic E-state index is 13.3. The Morgan fingerprint density at radius 1 is 1.13 bits per heavy atom. The van der Waals surface area contributed by atoms with Crippen LogP contribution in [0.2, 0.25) is 0 Å². The molecule has 0 spiro atoms. The molecule has 1 aromatic heterocycles. The number of piperidine rings is 1. The number of para-hydroxylation sites is 1. The van der Waals surface area contributed by atoms with Crippen molar-refractivity contribution in [1.82, 2.24) is 9.88 Å². The smallest absolute Gasteiger partial charge is 0.186 e. The van der Waals surface area contributed by atoms with E-state index < -0.39 is 0 Å². The average Bonchev–Trinajstić information content (AvgIpc) is 3.28. The minimum absolute atomic E-state index is 0.245. The number of halogens is 1. The highest BCUT2D eigenvalue weighted by molar-refractivity contribution is 7.22. The molecule has 2 aromatic carbocycles. The van der Waals surface area contributed by atoms with E-state index in [1.165, 1.54) is 42.5 Å². The van der Waals surface area contributed by atoms with Crippen LogP contribution >= 0.6 is 11.3 Å². The zero-order chi connectivity index (χ0) is 20.5. The van der Waals surface area contributed by atoms with Crippen molar-refractivity contribution in [2.24, 2.45) is 0 Å². The molecular formula is C24H28FN3OS. The maximum Gasteiger partial charge on any atom is 0.186 e. The van der Waals surface area contributed by atoms with Crippen LogP contribution in [0.1, 0.15) is 32.1 Å². The van der Waals surface area contributed by atoms with Crippen LogP contribution in [-0.2, 0) is 0 Å². The molecule has 5 rings (SSSR count). The third-order valence-electron chi connectivity index (χ3n) is 6.62. The van der Waals surface area contributed by atoms with Gasteiger partial charge in [-0.1, -0.05) is 29.5 Å². The van der Waals surface area contributed by atoms with E-state index in [9.17, 15) is 4.39 Å². The largest absolute Gasteiger partial charge is 0.493 e. The predicted octanol–water partition coefficient (Wildman–Crippen LogP) is 5.34. The second kappa shape index (κ2) is 8.52. The Labute approximate surface area is 181 Å². The van der Waals surface area contributed by atoms with Crippen molar-refractivity contribution in [3.05, 3.63) is 54.3 Å². The van der Waals surface area contributed by atoms with Gasteiger partial charge in [-0.25, -0.2) is 9.37 Å². The molecule has 0 N–H and O–H groups in total. The van der Waals surface area contributed by atoms with Crippen LogP contribution < -0.4 is 9.64 Å². The molecule has 2 atom stereocenters. The summed E-state index contributed by atoms with van der Waals surface area (Å²) in [6.45, 7) is 1.69. The Bertz CT molecular complexity index is 962. The summed E-state index contributed by atoms with van der Waals surface area (Å²) in [5.74, 6) is 0.374. The van der Waals surface area contributed by atoms with Crippen molar-refractivity contribution < 1.29 is 9.13 Å². The van der Waals surface area contributed by atoms with Crippen molar-refractivity contribution in [2.45, 2.75) is 50.2 Å². The molecule has 2 saturated heterocycles. The van der Waals surface area contributed by atoms with Crippen LogP contribution in [0.4, 0.5) is 9.52 Å². The topological polar surface area (TPSA) is 28.6 Å². The maximum absolute atomic E-state index is 13.3. The van der Waals surface area contributed by atoms with Crippen molar-refractivity contribution in [2.75, 3.05) is 25.1 Å². The van der Waals surface area contributed by atoms with Gasteiger partial charge in [0.15, 0.2) is 5.13 Å². The molecule has 4 nitrogen and oxygen atoms in total. The number of hydrogen-bond donors (Lipinski definition) is 0. The fraction of sp³-hybridized carbons (Fsp3) is 0.458. The van der Waals surface area contributed by atoms with Gasteiger partial charge in [0.1, 0.15) is 11.6 Å². The van der Waals surface area contributed by atoms with E-state index in [1.807, 2.05) is 6.07 Å². The Hall–Kier alpha value is -2.18. The number of thiazole rings is 1. The molecular weight excluding hydrogens is 397 g/mol. The van der Waals surface area contributed by atoms with Gasteiger partial charge in [-0.15, -0.1) is 0 Å². The predicted molar refractivity (Wildman–Crippen MR) is 121 cm³/mol. The van der Waals surface area contributed by atoms with E-state index in [1.54, 1.807) is 17.4 Å². The first-order chi connectivity index (χ1) is 14.7. The Morgan fingerprint density at radius 3 is 2.70 bits per heavy atom. The van der Waals surface area contributed by atoms with E-state index in [2.05, 4.69) is 41.1 Å². The molecule has 6 heteroatoms. The lowest BCUT2D eigenvalue weighted by molar-refractivity contribution is 0.117. The summed E-state index contributed by atoms with van der Waals surface area (Å²) in [6, 6.07) is 16.7. The van der Waals surface area contributed by atoms with E-state index in [0.717, 1.165) is 23.6 Å². The number of hydrogen-bond acceptors (Lipinski definition) is 5. The first-order valence-corrected chi connectivity index (χ1v) is 11.7. The summed E-state index contributed by atoms with van der Waals surface area (Å²) in [4.78, 5) is 9.97. The lowest BCUT2D eigenvalue weighted by Crippen LogP contribution is -2.50. The van der Waals surface area contributed by atoms with Crippen molar-refractivity contribution in [1.29, 1.82) is 0 Å². The summed E-state index contributed by atoms with van der Waals surface area (Å²) in [7, 11) is 2.21. The first-order valence-electron chi connectivity index (χ1n) is 10.9. The standard InChI is InChI=1S/C24H28FN3OS/c1-27(24-26-22-8-2-3-9-23(22)30-24)20-15-18-10-11-19(16-20)28(18)12-5-13-29-21-7-4-6-17(25)14-21/h2-4,6-9,14,18-20H,5,10-13,15-16H2,1H3. The molecule has 0 saturated carbocycles. The third-order valence-corrected chi connectivity index (χ3v) is 7.74. The SMILES string of the molecule is CN(c1nc2ccccc2s1)C1CC2CCC(C1)N2CCCOc1cccc(F)c1. The number of aromatic nitrogens is 1. The third kappa shape index (κ3) is 4.03. The number of fused-ring (bicyclic) bond motifs is 3. The summed E-state index contributed by atoms with van der Waals surface area (Å²) >= 11 is 1.80.